The number of anilines is 1. The molecule has 0 aliphatic heterocycles. The van der Waals surface area contributed by atoms with E-state index < -0.39 is 0 Å². The van der Waals surface area contributed by atoms with Crippen molar-refractivity contribution >= 4 is 38.7 Å². The van der Waals surface area contributed by atoms with E-state index in [0.29, 0.717) is 16.9 Å². The number of rotatable bonds is 2. The number of nitrogens with one attached hydrogen (secondary N) is 2. The highest BCUT2D eigenvalue weighted by atomic mass is 79.9. The molecule has 94 valence electrons. The lowest BCUT2D eigenvalue weighted by atomic mass is 10.2. The quantitative estimate of drug-likeness (QED) is 0.763. The molecular weight excluding hydrogens is 308 g/mol. The van der Waals surface area contributed by atoms with Gasteiger partial charge in [0.1, 0.15) is 0 Å². The first kappa shape index (κ1) is 11.9. The number of pyridine rings is 1. The third-order valence-corrected chi connectivity index (χ3v) is 3.34. The molecule has 0 bridgehead atoms. The molecular formula is C13H9BrN4O. The molecule has 0 fully saturated rings. The SMILES string of the molecule is O=C(Nc1cnc2nc[nH]c2c1)c1ccccc1Br. The van der Waals surface area contributed by atoms with Gasteiger partial charge in [0.05, 0.1) is 29.3 Å². The third-order valence-electron chi connectivity index (χ3n) is 2.65. The maximum absolute atomic E-state index is 12.1. The highest BCUT2D eigenvalue weighted by Crippen LogP contribution is 2.18. The summed E-state index contributed by atoms with van der Waals surface area (Å²) in [5.41, 5.74) is 2.61. The molecule has 0 aliphatic carbocycles. The van der Waals surface area contributed by atoms with Crippen LogP contribution in [0.3, 0.4) is 0 Å². The Morgan fingerprint density at radius 3 is 2.95 bits per heavy atom. The van der Waals surface area contributed by atoms with E-state index in [4.69, 9.17) is 0 Å². The largest absolute Gasteiger partial charge is 0.343 e. The summed E-state index contributed by atoms with van der Waals surface area (Å²) >= 11 is 3.35. The second-order valence-electron chi connectivity index (χ2n) is 3.93. The van der Waals surface area contributed by atoms with Crippen LogP contribution in [-0.4, -0.2) is 20.9 Å². The maximum Gasteiger partial charge on any atom is 0.256 e. The number of fused-ring (bicyclic) bond motifs is 1. The van der Waals surface area contributed by atoms with Crippen LogP contribution in [0, 0.1) is 0 Å². The first-order valence-corrected chi connectivity index (χ1v) is 6.38. The number of aromatic amines is 1. The number of halogens is 1. The molecule has 0 saturated heterocycles. The van der Waals surface area contributed by atoms with Crippen LogP contribution in [0.25, 0.3) is 11.2 Å². The van der Waals surface area contributed by atoms with Crippen molar-refractivity contribution in [3.63, 3.8) is 0 Å². The lowest BCUT2D eigenvalue weighted by molar-refractivity contribution is 0.102. The van der Waals surface area contributed by atoms with E-state index in [0.717, 1.165) is 9.99 Å². The van der Waals surface area contributed by atoms with E-state index >= 15 is 0 Å². The zero-order chi connectivity index (χ0) is 13.2. The highest BCUT2D eigenvalue weighted by molar-refractivity contribution is 9.10. The normalized spacial score (nSPS) is 10.6. The van der Waals surface area contributed by atoms with E-state index in [2.05, 4.69) is 36.2 Å². The third kappa shape index (κ3) is 2.34. The van der Waals surface area contributed by atoms with Crippen LogP contribution in [0.4, 0.5) is 5.69 Å². The van der Waals surface area contributed by atoms with Crippen LogP contribution in [0.15, 0.2) is 47.3 Å². The van der Waals surface area contributed by atoms with Gasteiger partial charge in [0.2, 0.25) is 0 Å². The summed E-state index contributed by atoms with van der Waals surface area (Å²) in [5.74, 6) is -0.187. The van der Waals surface area contributed by atoms with Gasteiger partial charge in [0.25, 0.3) is 5.91 Å². The van der Waals surface area contributed by atoms with Crippen LogP contribution >= 0.6 is 15.9 Å². The van der Waals surface area contributed by atoms with Crippen molar-refractivity contribution in [1.29, 1.82) is 0 Å². The molecule has 2 N–H and O–H groups in total. The summed E-state index contributed by atoms with van der Waals surface area (Å²) in [7, 11) is 0. The van der Waals surface area contributed by atoms with Gasteiger partial charge in [-0.2, -0.15) is 0 Å². The van der Waals surface area contributed by atoms with Gasteiger partial charge in [0.15, 0.2) is 5.65 Å². The van der Waals surface area contributed by atoms with Gasteiger partial charge < -0.3 is 10.3 Å². The Bertz CT molecular complexity index is 753. The average Bonchev–Trinajstić information content (AvgIpc) is 2.86. The fourth-order valence-corrected chi connectivity index (χ4v) is 2.21. The van der Waals surface area contributed by atoms with E-state index in [1.54, 1.807) is 24.7 Å². The lowest BCUT2D eigenvalue weighted by Gasteiger charge is -2.06. The second kappa shape index (κ2) is 4.81. The Kier molecular flexibility index (Phi) is 3.00. The van der Waals surface area contributed by atoms with Crippen LogP contribution in [-0.2, 0) is 0 Å². The summed E-state index contributed by atoms with van der Waals surface area (Å²) in [6, 6.07) is 9.05. The molecule has 0 radical (unpaired) electrons. The molecule has 19 heavy (non-hydrogen) atoms. The molecule has 2 heterocycles. The number of amides is 1. The van der Waals surface area contributed by atoms with Gasteiger partial charge in [0, 0.05) is 4.47 Å². The molecule has 6 heteroatoms. The fraction of sp³-hybridized carbons (Fsp3) is 0. The molecule has 5 nitrogen and oxygen atoms in total. The monoisotopic (exact) mass is 316 g/mol. The Labute approximate surface area is 117 Å². The van der Waals surface area contributed by atoms with Crippen molar-refractivity contribution < 1.29 is 4.79 Å². The minimum atomic E-state index is -0.187. The Balaban J connectivity index is 1.88. The zero-order valence-corrected chi connectivity index (χ0v) is 11.3. The summed E-state index contributed by atoms with van der Waals surface area (Å²) in [5, 5.41) is 2.80. The number of carbonyl (C=O) groups is 1. The smallest absolute Gasteiger partial charge is 0.256 e. The molecule has 2 aromatic heterocycles. The van der Waals surface area contributed by atoms with Crippen molar-refractivity contribution in [2.24, 2.45) is 0 Å². The predicted molar refractivity (Wildman–Crippen MR) is 76.0 cm³/mol. The summed E-state index contributed by atoms with van der Waals surface area (Å²) in [6.07, 6.45) is 3.15. The van der Waals surface area contributed by atoms with E-state index in [1.807, 2.05) is 18.2 Å². The summed E-state index contributed by atoms with van der Waals surface area (Å²) in [6.45, 7) is 0. The van der Waals surface area contributed by atoms with Crippen molar-refractivity contribution in [3.8, 4) is 0 Å². The van der Waals surface area contributed by atoms with E-state index in [9.17, 15) is 4.79 Å². The van der Waals surface area contributed by atoms with Crippen molar-refractivity contribution in [1.82, 2.24) is 15.0 Å². The molecule has 0 aliphatic rings. The number of carbonyl (C=O) groups excluding carboxylic acids is 1. The van der Waals surface area contributed by atoms with Crippen LogP contribution in [0.5, 0.6) is 0 Å². The first-order valence-electron chi connectivity index (χ1n) is 5.59. The standard InChI is InChI=1S/C13H9BrN4O/c14-10-4-2-1-3-9(10)13(19)18-8-5-11-12(15-6-8)17-7-16-11/h1-7H,(H,18,19)(H,15,16,17). The van der Waals surface area contributed by atoms with Gasteiger partial charge in [-0.3, -0.25) is 4.79 Å². The van der Waals surface area contributed by atoms with Crippen LogP contribution < -0.4 is 5.32 Å². The van der Waals surface area contributed by atoms with Crippen molar-refractivity contribution in [2.75, 3.05) is 5.32 Å². The number of hydrogen-bond acceptors (Lipinski definition) is 3. The number of aromatic nitrogens is 3. The van der Waals surface area contributed by atoms with Crippen LogP contribution in [0.1, 0.15) is 10.4 Å². The molecule has 0 saturated carbocycles. The zero-order valence-electron chi connectivity index (χ0n) is 9.72. The van der Waals surface area contributed by atoms with E-state index in [1.165, 1.54) is 0 Å². The van der Waals surface area contributed by atoms with Crippen LogP contribution in [0.2, 0.25) is 0 Å². The molecule has 3 rings (SSSR count). The fourth-order valence-electron chi connectivity index (χ4n) is 1.74. The Morgan fingerprint density at radius 2 is 2.11 bits per heavy atom. The number of nitrogens with zero attached hydrogens (tertiary/aromatic N) is 2. The lowest BCUT2D eigenvalue weighted by Crippen LogP contribution is -2.12. The van der Waals surface area contributed by atoms with Gasteiger partial charge in [-0.15, -0.1) is 0 Å². The molecule has 0 spiro atoms. The Morgan fingerprint density at radius 1 is 1.26 bits per heavy atom. The van der Waals surface area contributed by atoms with Gasteiger partial charge in [-0.25, -0.2) is 9.97 Å². The minimum absolute atomic E-state index is 0.187. The second-order valence-corrected chi connectivity index (χ2v) is 4.79. The topological polar surface area (TPSA) is 70.7 Å². The molecule has 1 amide bonds. The van der Waals surface area contributed by atoms with Crippen molar-refractivity contribution in [3.05, 3.63) is 52.9 Å². The predicted octanol–water partition coefficient (Wildman–Crippen LogP) is 2.97. The number of imidazole rings is 1. The number of hydrogen-bond donors (Lipinski definition) is 2. The highest BCUT2D eigenvalue weighted by Gasteiger charge is 2.10. The molecule has 0 atom stereocenters. The van der Waals surface area contributed by atoms with Gasteiger partial charge in [-0.1, -0.05) is 12.1 Å². The molecule has 0 unspecified atom stereocenters. The molecule has 3 aromatic rings. The Hall–Kier alpha value is -2.21. The van der Waals surface area contributed by atoms with E-state index in [-0.39, 0.29) is 5.91 Å². The van der Waals surface area contributed by atoms with Gasteiger partial charge in [-0.05, 0) is 34.1 Å². The summed E-state index contributed by atoms with van der Waals surface area (Å²) in [4.78, 5) is 23.2. The number of benzene rings is 1. The first-order chi connectivity index (χ1) is 9.24. The van der Waals surface area contributed by atoms with Crippen molar-refractivity contribution in [2.45, 2.75) is 0 Å². The molecule has 1 aromatic carbocycles. The van der Waals surface area contributed by atoms with Gasteiger partial charge >= 0.3 is 0 Å². The minimum Gasteiger partial charge on any atom is -0.343 e. The maximum atomic E-state index is 12.1. The number of H-pyrrole nitrogens is 1. The average molecular weight is 317 g/mol. The summed E-state index contributed by atoms with van der Waals surface area (Å²) < 4.78 is 0.753.